The molecule has 68 valence electrons. The van der Waals surface area contributed by atoms with Crippen LogP contribution in [0.25, 0.3) is 0 Å². The molecule has 1 aromatic carbocycles. The Labute approximate surface area is 78.0 Å². The molecule has 0 radical (unpaired) electrons. The average molecular weight is 175 g/mol. The molecule has 1 aliphatic heterocycles. The minimum atomic E-state index is 0.0603. The summed E-state index contributed by atoms with van der Waals surface area (Å²) in [5.41, 5.74) is 3.27. The van der Waals surface area contributed by atoms with Gasteiger partial charge in [0, 0.05) is 5.56 Å². The molecule has 0 bridgehead atoms. The summed E-state index contributed by atoms with van der Waals surface area (Å²) in [4.78, 5) is 11.4. The van der Waals surface area contributed by atoms with Crippen LogP contribution in [0.1, 0.15) is 41.4 Å². The van der Waals surface area contributed by atoms with Crippen molar-refractivity contribution < 1.29 is 4.79 Å². The molecule has 1 heterocycles. The van der Waals surface area contributed by atoms with Gasteiger partial charge in [0.25, 0.3) is 5.91 Å². The van der Waals surface area contributed by atoms with E-state index in [1.165, 1.54) is 5.56 Å². The van der Waals surface area contributed by atoms with Crippen molar-refractivity contribution >= 4 is 5.91 Å². The fourth-order valence-corrected chi connectivity index (χ4v) is 1.75. The highest BCUT2D eigenvalue weighted by Gasteiger charge is 2.24. The Morgan fingerprint density at radius 3 is 2.92 bits per heavy atom. The van der Waals surface area contributed by atoms with E-state index in [-0.39, 0.29) is 11.9 Å². The van der Waals surface area contributed by atoms with Gasteiger partial charge in [-0.1, -0.05) is 19.1 Å². The summed E-state index contributed by atoms with van der Waals surface area (Å²) in [6, 6.07) is 6.25. The number of benzene rings is 1. The summed E-state index contributed by atoms with van der Waals surface area (Å²) in [7, 11) is 0. The molecular formula is C11H13NO. The van der Waals surface area contributed by atoms with Crippen LogP contribution in [0.4, 0.5) is 0 Å². The third-order valence-corrected chi connectivity index (χ3v) is 2.58. The number of rotatable bonds is 1. The maximum absolute atomic E-state index is 11.4. The normalized spacial score (nSPS) is 19.8. The molecule has 1 unspecified atom stereocenters. The molecule has 2 nitrogen and oxygen atoms in total. The molecule has 13 heavy (non-hydrogen) atoms. The molecule has 1 aromatic rings. The van der Waals surface area contributed by atoms with Gasteiger partial charge in [-0.15, -0.1) is 0 Å². The van der Waals surface area contributed by atoms with Gasteiger partial charge in [0.05, 0.1) is 6.04 Å². The minimum Gasteiger partial charge on any atom is -0.345 e. The lowest BCUT2D eigenvalue weighted by atomic mass is 10.0. The molecule has 2 rings (SSSR count). The molecule has 0 fully saturated rings. The number of carbonyl (C=O) groups excluding carboxylic acids is 1. The third-order valence-electron chi connectivity index (χ3n) is 2.58. The van der Waals surface area contributed by atoms with Crippen molar-refractivity contribution in [1.29, 1.82) is 0 Å². The predicted octanol–water partition coefficient (Wildman–Crippen LogP) is 2.05. The van der Waals surface area contributed by atoms with E-state index in [0.717, 1.165) is 17.5 Å². The Morgan fingerprint density at radius 2 is 2.23 bits per heavy atom. The number of amides is 1. The van der Waals surface area contributed by atoms with E-state index in [9.17, 15) is 4.79 Å². The topological polar surface area (TPSA) is 29.1 Å². The second-order valence-corrected chi connectivity index (χ2v) is 3.47. The highest BCUT2D eigenvalue weighted by Crippen LogP contribution is 2.25. The van der Waals surface area contributed by atoms with Crippen molar-refractivity contribution in [2.24, 2.45) is 0 Å². The molecular weight excluding hydrogens is 162 g/mol. The molecule has 2 heteroatoms. The number of aryl methyl sites for hydroxylation is 1. The number of hydrogen-bond donors (Lipinski definition) is 1. The van der Waals surface area contributed by atoms with Gasteiger partial charge >= 0.3 is 0 Å². The molecule has 1 N–H and O–H groups in total. The fourth-order valence-electron chi connectivity index (χ4n) is 1.75. The Bertz CT molecular complexity index is 357. The Morgan fingerprint density at radius 1 is 1.46 bits per heavy atom. The van der Waals surface area contributed by atoms with Gasteiger partial charge in [-0.25, -0.2) is 0 Å². The van der Waals surface area contributed by atoms with Crippen LogP contribution in [-0.4, -0.2) is 5.91 Å². The molecule has 0 spiro atoms. The fraction of sp³-hybridized carbons (Fsp3) is 0.364. The highest BCUT2D eigenvalue weighted by molar-refractivity contribution is 5.99. The molecule has 1 amide bonds. The lowest BCUT2D eigenvalue weighted by molar-refractivity contribution is 0.0958. The zero-order valence-electron chi connectivity index (χ0n) is 7.92. The molecule has 1 aliphatic rings. The smallest absolute Gasteiger partial charge is 0.252 e. The van der Waals surface area contributed by atoms with E-state index in [1.54, 1.807) is 0 Å². The number of fused-ring (bicyclic) bond motifs is 1. The van der Waals surface area contributed by atoms with Crippen molar-refractivity contribution in [2.75, 3.05) is 0 Å². The molecule has 0 saturated carbocycles. The van der Waals surface area contributed by atoms with Crippen LogP contribution < -0.4 is 5.32 Å². The maximum Gasteiger partial charge on any atom is 0.252 e. The lowest BCUT2D eigenvalue weighted by Gasteiger charge is -2.04. The second-order valence-electron chi connectivity index (χ2n) is 3.47. The first-order valence-electron chi connectivity index (χ1n) is 4.66. The van der Waals surface area contributed by atoms with Gasteiger partial charge < -0.3 is 5.32 Å². The summed E-state index contributed by atoms with van der Waals surface area (Å²) in [6.07, 6.45) is 1.02. The van der Waals surface area contributed by atoms with Crippen molar-refractivity contribution in [3.63, 3.8) is 0 Å². The lowest BCUT2D eigenvalue weighted by Crippen LogP contribution is -2.16. The summed E-state index contributed by atoms with van der Waals surface area (Å²) in [5, 5.41) is 2.89. The van der Waals surface area contributed by atoms with E-state index in [0.29, 0.717) is 0 Å². The van der Waals surface area contributed by atoms with Gasteiger partial charge in [0.2, 0.25) is 0 Å². The van der Waals surface area contributed by atoms with Crippen molar-refractivity contribution in [1.82, 2.24) is 5.32 Å². The standard InChI is InChI=1S/C11H13NO/c1-3-8-4-5-9-10(6-8)7(2)12-11(9)13/h4-7H,3H2,1-2H3,(H,12,13). The summed E-state index contributed by atoms with van der Waals surface area (Å²) in [5.74, 6) is 0.0603. The van der Waals surface area contributed by atoms with Crippen LogP contribution >= 0.6 is 0 Å². The van der Waals surface area contributed by atoms with E-state index in [1.807, 2.05) is 19.1 Å². The zero-order valence-corrected chi connectivity index (χ0v) is 7.92. The van der Waals surface area contributed by atoms with Gasteiger partial charge in [0.1, 0.15) is 0 Å². The van der Waals surface area contributed by atoms with Gasteiger partial charge in [0.15, 0.2) is 0 Å². The van der Waals surface area contributed by atoms with E-state index in [4.69, 9.17) is 0 Å². The quantitative estimate of drug-likeness (QED) is 0.695. The van der Waals surface area contributed by atoms with Gasteiger partial charge in [-0.3, -0.25) is 4.79 Å². The van der Waals surface area contributed by atoms with Crippen LogP contribution in [-0.2, 0) is 6.42 Å². The maximum atomic E-state index is 11.4. The monoisotopic (exact) mass is 175 g/mol. The Hall–Kier alpha value is -1.31. The van der Waals surface area contributed by atoms with Crippen LogP contribution in [0.15, 0.2) is 18.2 Å². The van der Waals surface area contributed by atoms with Crippen LogP contribution in [0, 0.1) is 0 Å². The molecule has 1 atom stereocenters. The summed E-state index contributed by atoms with van der Waals surface area (Å²) in [6.45, 7) is 4.14. The van der Waals surface area contributed by atoms with Crippen LogP contribution in [0.2, 0.25) is 0 Å². The average Bonchev–Trinajstić information content (AvgIpc) is 2.42. The Kier molecular flexibility index (Phi) is 1.83. The first kappa shape index (κ1) is 8.30. The number of carbonyl (C=O) groups is 1. The third kappa shape index (κ3) is 1.22. The first-order valence-corrected chi connectivity index (χ1v) is 4.66. The minimum absolute atomic E-state index is 0.0603. The number of hydrogen-bond acceptors (Lipinski definition) is 1. The second kappa shape index (κ2) is 2.87. The Balaban J connectivity index is 2.52. The summed E-state index contributed by atoms with van der Waals surface area (Å²) < 4.78 is 0. The molecule has 0 aromatic heterocycles. The highest BCUT2D eigenvalue weighted by atomic mass is 16.2. The van der Waals surface area contributed by atoms with Gasteiger partial charge in [-0.2, -0.15) is 0 Å². The van der Waals surface area contributed by atoms with Crippen molar-refractivity contribution in [3.05, 3.63) is 34.9 Å². The largest absolute Gasteiger partial charge is 0.345 e. The zero-order chi connectivity index (χ0) is 9.42. The van der Waals surface area contributed by atoms with E-state index < -0.39 is 0 Å². The van der Waals surface area contributed by atoms with E-state index in [2.05, 4.69) is 18.3 Å². The summed E-state index contributed by atoms with van der Waals surface area (Å²) >= 11 is 0. The van der Waals surface area contributed by atoms with Crippen molar-refractivity contribution in [3.8, 4) is 0 Å². The molecule has 0 aliphatic carbocycles. The van der Waals surface area contributed by atoms with Crippen molar-refractivity contribution in [2.45, 2.75) is 26.3 Å². The van der Waals surface area contributed by atoms with Gasteiger partial charge in [-0.05, 0) is 30.5 Å². The molecule has 0 saturated heterocycles. The first-order chi connectivity index (χ1) is 6.22. The predicted molar refractivity (Wildman–Crippen MR) is 51.7 cm³/mol. The number of nitrogens with one attached hydrogen (secondary N) is 1. The van der Waals surface area contributed by atoms with Crippen LogP contribution in [0.3, 0.4) is 0 Å². The van der Waals surface area contributed by atoms with Crippen LogP contribution in [0.5, 0.6) is 0 Å². The SMILES string of the molecule is CCc1ccc2c(c1)C(C)NC2=O. The van der Waals surface area contributed by atoms with E-state index >= 15 is 0 Å².